The molecule has 1 aliphatic heterocycles. The second kappa shape index (κ2) is 20.9. The molecule has 0 aromatic carbocycles. The second-order valence-electron chi connectivity index (χ2n) is 14.6. The lowest BCUT2D eigenvalue weighted by Gasteiger charge is -2.29. The summed E-state index contributed by atoms with van der Waals surface area (Å²) in [7, 11) is 0. The van der Waals surface area contributed by atoms with E-state index in [0.29, 0.717) is 25.8 Å². The van der Waals surface area contributed by atoms with Crippen molar-refractivity contribution in [2.45, 2.75) is 169 Å². The average molecular weight is 666 g/mol. The summed E-state index contributed by atoms with van der Waals surface area (Å²) in [5.74, 6) is -3.29. The minimum Gasteiger partial charge on any atom is -0.460 e. The molecule has 0 aromatic heterocycles. The molecule has 12 heteroatoms. The summed E-state index contributed by atoms with van der Waals surface area (Å²) in [5, 5.41) is 8.14. The van der Waals surface area contributed by atoms with Crippen molar-refractivity contribution in [3.8, 4) is 0 Å². The SMILES string of the molecule is CCCCCCCCCC(=O)N1CCC[C@H]1C(=O)N[C@@H](CC(C)C)C(=O)N[C@@H](CCC(=O)OC(C)(C)C)C(=O)N[C@H](C(N)=O)C(C)C. The normalized spacial score (nSPS) is 16.8. The van der Waals surface area contributed by atoms with Crippen LogP contribution in [0.3, 0.4) is 0 Å². The average Bonchev–Trinajstić information content (AvgIpc) is 3.46. The van der Waals surface area contributed by atoms with Crippen LogP contribution in [0, 0.1) is 11.8 Å². The van der Waals surface area contributed by atoms with Crippen LogP contribution in [0.2, 0.25) is 0 Å². The van der Waals surface area contributed by atoms with E-state index in [-0.39, 0.29) is 37.0 Å². The first-order chi connectivity index (χ1) is 22.0. The summed E-state index contributed by atoms with van der Waals surface area (Å²) < 4.78 is 5.37. The van der Waals surface area contributed by atoms with Gasteiger partial charge in [0.15, 0.2) is 0 Å². The Bertz CT molecular complexity index is 1040. The fraction of sp³-hybridized carbons (Fsp3) is 0.829. The molecule has 12 nitrogen and oxygen atoms in total. The van der Waals surface area contributed by atoms with Crippen molar-refractivity contribution in [1.29, 1.82) is 0 Å². The van der Waals surface area contributed by atoms with Crippen LogP contribution in [0.5, 0.6) is 0 Å². The van der Waals surface area contributed by atoms with Gasteiger partial charge in [-0.05, 0) is 64.7 Å². The van der Waals surface area contributed by atoms with Gasteiger partial charge in [-0.1, -0.05) is 73.1 Å². The monoisotopic (exact) mass is 665 g/mol. The van der Waals surface area contributed by atoms with Crippen molar-refractivity contribution in [3.05, 3.63) is 0 Å². The molecule has 0 aromatic rings. The number of likely N-dealkylation sites (tertiary alicyclic amines) is 1. The molecule has 1 heterocycles. The Labute approximate surface area is 282 Å². The van der Waals surface area contributed by atoms with Gasteiger partial charge >= 0.3 is 5.97 Å². The van der Waals surface area contributed by atoms with Gasteiger partial charge in [-0.25, -0.2) is 0 Å². The molecule has 0 aliphatic carbocycles. The number of carbonyl (C=O) groups excluding carboxylic acids is 6. The molecule has 0 bridgehead atoms. The van der Waals surface area contributed by atoms with Crippen LogP contribution < -0.4 is 21.7 Å². The molecule has 1 fully saturated rings. The first kappa shape index (κ1) is 41.8. The third-order valence-corrected chi connectivity index (χ3v) is 8.17. The molecule has 0 spiro atoms. The van der Waals surface area contributed by atoms with Crippen LogP contribution in [-0.2, 0) is 33.5 Å². The number of nitrogens with one attached hydrogen (secondary N) is 3. The van der Waals surface area contributed by atoms with E-state index in [1.54, 1.807) is 39.5 Å². The lowest BCUT2D eigenvalue weighted by atomic mass is 10.0. The summed E-state index contributed by atoms with van der Waals surface area (Å²) in [6, 6.07) is -3.84. The number of hydrogen-bond acceptors (Lipinski definition) is 7. The summed E-state index contributed by atoms with van der Waals surface area (Å²) in [6.07, 6.45) is 9.29. The smallest absolute Gasteiger partial charge is 0.306 e. The first-order valence-corrected chi connectivity index (χ1v) is 17.7. The Morgan fingerprint density at radius 1 is 0.830 bits per heavy atom. The van der Waals surface area contributed by atoms with Gasteiger partial charge in [0.2, 0.25) is 29.5 Å². The molecule has 0 radical (unpaired) electrons. The maximum atomic E-state index is 13.7. The molecular weight excluding hydrogens is 602 g/mol. The molecule has 4 atom stereocenters. The number of unbranched alkanes of at least 4 members (excludes halogenated alkanes) is 6. The molecule has 5 amide bonds. The number of nitrogens with zero attached hydrogens (tertiary/aromatic N) is 1. The minimum atomic E-state index is -1.20. The van der Waals surface area contributed by atoms with Crippen LogP contribution in [0.4, 0.5) is 0 Å². The van der Waals surface area contributed by atoms with Crippen molar-refractivity contribution in [2.24, 2.45) is 17.6 Å². The van der Waals surface area contributed by atoms with Crippen LogP contribution in [0.25, 0.3) is 0 Å². The number of primary amides is 1. The van der Waals surface area contributed by atoms with Gasteiger partial charge in [0.1, 0.15) is 29.8 Å². The number of ether oxygens (including phenoxy) is 1. The molecule has 1 saturated heterocycles. The highest BCUT2D eigenvalue weighted by molar-refractivity contribution is 5.95. The fourth-order valence-electron chi connectivity index (χ4n) is 5.70. The van der Waals surface area contributed by atoms with Crippen LogP contribution in [0.15, 0.2) is 0 Å². The molecule has 0 unspecified atom stereocenters. The predicted octanol–water partition coefficient (Wildman–Crippen LogP) is 3.88. The summed E-state index contributed by atoms with van der Waals surface area (Å²) in [4.78, 5) is 79.7. The number of rotatable bonds is 21. The van der Waals surface area contributed by atoms with Gasteiger partial charge in [0.25, 0.3) is 0 Å². The lowest BCUT2D eigenvalue weighted by molar-refractivity contribution is -0.155. The van der Waals surface area contributed by atoms with Crippen molar-refractivity contribution in [1.82, 2.24) is 20.9 Å². The van der Waals surface area contributed by atoms with Crippen LogP contribution in [-0.4, -0.2) is 76.7 Å². The van der Waals surface area contributed by atoms with Gasteiger partial charge in [0, 0.05) is 19.4 Å². The maximum absolute atomic E-state index is 13.7. The number of esters is 1. The summed E-state index contributed by atoms with van der Waals surface area (Å²) in [6.45, 7) is 15.1. The largest absolute Gasteiger partial charge is 0.460 e. The molecule has 1 rings (SSSR count). The third-order valence-electron chi connectivity index (χ3n) is 8.17. The second-order valence-corrected chi connectivity index (χ2v) is 14.6. The van der Waals surface area contributed by atoms with Crippen molar-refractivity contribution in [3.63, 3.8) is 0 Å². The number of amides is 5. The number of carbonyl (C=O) groups is 6. The minimum absolute atomic E-state index is 0.0129. The summed E-state index contributed by atoms with van der Waals surface area (Å²) in [5.41, 5.74) is 4.76. The molecule has 5 N–H and O–H groups in total. The quantitative estimate of drug-likeness (QED) is 0.106. The van der Waals surface area contributed by atoms with E-state index >= 15 is 0 Å². The fourth-order valence-corrected chi connectivity index (χ4v) is 5.70. The Hall–Kier alpha value is -3.18. The van der Waals surface area contributed by atoms with Crippen LogP contribution >= 0.6 is 0 Å². The van der Waals surface area contributed by atoms with E-state index in [4.69, 9.17) is 10.5 Å². The highest BCUT2D eigenvalue weighted by Gasteiger charge is 2.37. The summed E-state index contributed by atoms with van der Waals surface area (Å²) >= 11 is 0. The van der Waals surface area contributed by atoms with Gasteiger partial charge < -0.3 is 31.3 Å². The van der Waals surface area contributed by atoms with E-state index in [1.807, 2.05) is 13.8 Å². The Morgan fingerprint density at radius 3 is 1.98 bits per heavy atom. The topological polar surface area (TPSA) is 177 Å². The molecule has 1 aliphatic rings. The predicted molar refractivity (Wildman–Crippen MR) is 182 cm³/mol. The molecule has 0 saturated carbocycles. The third kappa shape index (κ3) is 16.5. The highest BCUT2D eigenvalue weighted by atomic mass is 16.6. The lowest BCUT2D eigenvalue weighted by Crippen LogP contribution is -2.58. The standard InChI is InChI=1S/C35H63N5O7/c1-9-10-11-12-13-14-15-18-28(41)40-21-16-17-27(40)34(46)38-26(22-23(2)3)33(45)37-25(19-20-29(42)47-35(6,7)8)32(44)39-30(24(4)5)31(36)43/h23-27,30H,9-22H2,1-8H3,(H2,36,43)(H,37,45)(H,38,46)(H,39,44)/t25-,26-,27-,30-/m0/s1. The first-order valence-electron chi connectivity index (χ1n) is 17.7. The van der Waals surface area contributed by atoms with Gasteiger partial charge in [0.05, 0.1) is 0 Å². The van der Waals surface area contributed by atoms with Crippen molar-refractivity contribution in [2.75, 3.05) is 6.54 Å². The number of nitrogens with two attached hydrogens (primary N) is 1. The molecular formula is C35H63N5O7. The zero-order chi connectivity index (χ0) is 35.7. The highest BCUT2D eigenvalue weighted by Crippen LogP contribution is 2.21. The van der Waals surface area contributed by atoms with Crippen LogP contribution in [0.1, 0.15) is 139 Å². The maximum Gasteiger partial charge on any atom is 0.306 e. The van der Waals surface area contributed by atoms with E-state index in [0.717, 1.165) is 19.3 Å². The molecule has 270 valence electrons. The van der Waals surface area contributed by atoms with E-state index in [1.165, 1.54) is 25.7 Å². The molecule has 47 heavy (non-hydrogen) atoms. The van der Waals surface area contributed by atoms with Gasteiger partial charge in [-0.3, -0.25) is 28.8 Å². The van der Waals surface area contributed by atoms with Gasteiger partial charge in [-0.15, -0.1) is 0 Å². The van der Waals surface area contributed by atoms with E-state index < -0.39 is 59.4 Å². The zero-order valence-corrected chi connectivity index (χ0v) is 30.2. The Morgan fingerprint density at radius 2 is 1.43 bits per heavy atom. The van der Waals surface area contributed by atoms with E-state index in [9.17, 15) is 28.8 Å². The van der Waals surface area contributed by atoms with Crippen molar-refractivity contribution >= 4 is 35.5 Å². The van der Waals surface area contributed by atoms with E-state index in [2.05, 4.69) is 22.9 Å². The van der Waals surface area contributed by atoms with Crippen molar-refractivity contribution < 1.29 is 33.5 Å². The Kier molecular flexibility index (Phi) is 18.6. The van der Waals surface area contributed by atoms with Gasteiger partial charge in [-0.2, -0.15) is 0 Å². The zero-order valence-electron chi connectivity index (χ0n) is 30.2. The Balaban J connectivity index is 3.01. The number of hydrogen-bond donors (Lipinski definition) is 4.